The van der Waals surface area contributed by atoms with Crippen molar-refractivity contribution in [3.8, 4) is 0 Å². The molecule has 0 aromatic heterocycles. The van der Waals surface area contributed by atoms with Crippen molar-refractivity contribution in [1.29, 1.82) is 0 Å². The van der Waals surface area contributed by atoms with E-state index in [1.165, 1.54) is 6.42 Å². The molecule has 2 aliphatic rings. The first-order valence-corrected chi connectivity index (χ1v) is 6.00. The predicted molar refractivity (Wildman–Crippen MR) is 59.3 cm³/mol. The first-order valence-electron chi connectivity index (χ1n) is 6.00. The summed E-state index contributed by atoms with van der Waals surface area (Å²) < 4.78 is 39.4. The Hall–Kier alpha value is -1.52. The lowest BCUT2D eigenvalue weighted by molar-refractivity contribution is -0.120. The molecule has 2 atom stereocenters. The number of nitrogens with one attached hydrogen (secondary N) is 1. The van der Waals surface area contributed by atoms with Crippen molar-refractivity contribution < 1.29 is 18.0 Å². The Morgan fingerprint density at radius 2 is 1.61 bits per heavy atom. The molecule has 2 saturated carbocycles. The molecule has 0 aliphatic heterocycles. The van der Waals surface area contributed by atoms with Gasteiger partial charge in [0.1, 0.15) is 11.5 Å². The summed E-state index contributed by atoms with van der Waals surface area (Å²) in [6, 6.07) is 1.12. The molecule has 2 aliphatic carbocycles. The van der Waals surface area contributed by atoms with Crippen molar-refractivity contribution in [3.05, 3.63) is 29.6 Å². The quantitative estimate of drug-likeness (QED) is 0.864. The molecule has 1 aromatic carbocycles. The summed E-state index contributed by atoms with van der Waals surface area (Å²) in [5.74, 6) is -2.46. The molecule has 2 fully saturated rings. The third-order valence-electron chi connectivity index (χ3n) is 3.87. The smallest absolute Gasteiger partial charge is 0.227 e. The lowest BCUT2D eigenvalue weighted by atomic mass is 10.0. The van der Waals surface area contributed by atoms with Crippen molar-refractivity contribution in [2.45, 2.75) is 19.3 Å². The monoisotopic (exact) mass is 255 g/mol. The van der Waals surface area contributed by atoms with Gasteiger partial charge in [0, 0.05) is 18.1 Å². The average molecular weight is 255 g/mol. The van der Waals surface area contributed by atoms with Gasteiger partial charge in [-0.25, -0.2) is 13.2 Å². The summed E-state index contributed by atoms with van der Waals surface area (Å²) in [7, 11) is 0. The maximum Gasteiger partial charge on any atom is 0.227 e. The minimum atomic E-state index is -1.08. The van der Waals surface area contributed by atoms with Crippen LogP contribution >= 0.6 is 0 Å². The zero-order valence-corrected chi connectivity index (χ0v) is 9.55. The van der Waals surface area contributed by atoms with E-state index >= 15 is 0 Å². The summed E-state index contributed by atoms with van der Waals surface area (Å²) in [6.07, 6.45) is 2.75. The lowest BCUT2D eigenvalue weighted by Gasteiger charge is -2.13. The number of carbonyl (C=O) groups excluding carboxylic acids is 1. The van der Waals surface area contributed by atoms with Crippen molar-refractivity contribution in [3.63, 3.8) is 0 Å². The fraction of sp³-hybridized carbons (Fsp3) is 0.462. The van der Waals surface area contributed by atoms with Gasteiger partial charge in [0.25, 0.3) is 0 Å². The van der Waals surface area contributed by atoms with E-state index in [4.69, 9.17) is 0 Å². The molecule has 2 unspecified atom stereocenters. The number of fused-ring (bicyclic) bond motifs is 1. The van der Waals surface area contributed by atoms with Gasteiger partial charge in [0.05, 0.1) is 0 Å². The molecule has 0 bridgehead atoms. The topological polar surface area (TPSA) is 29.1 Å². The number of amides is 1. The highest BCUT2D eigenvalue weighted by Gasteiger charge is 2.48. The van der Waals surface area contributed by atoms with Crippen LogP contribution in [0.3, 0.4) is 0 Å². The van der Waals surface area contributed by atoms with E-state index in [-0.39, 0.29) is 11.8 Å². The van der Waals surface area contributed by atoms with Gasteiger partial charge < -0.3 is 5.32 Å². The summed E-state index contributed by atoms with van der Waals surface area (Å²) in [5, 5.41) is 2.23. The Morgan fingerprint density at radius 1 is 1.06 bits per heavy atom. The predicted octanol–water partition coefficient (Wildman–Crippen LogP) is 3.09. The molecule has 1 aromatic rings. The molecule has 1 amide bonds. The molecule has 18 heavy (non-hydrogen) atoms. The minimum Gasteiger partial charge on any atom is -0.321 e. The molecule has 0 spiro atoms. The molecule has 3 rings (SSSR count). The number of hydrogen-bond donors (Lipinski definition) is 1. The number of anilines is 1. The molecule has 5 heteroatoms. The zero-order chi connectivity index (χ0) is 12.9. The second-order valence-electron chi connectivity index (χ2n) is 5.16. The maximum atomic E-state index is 13.3. The summed E-state index contributed by atoms with van der Waals surface area (Å²) >= 11 is 0. The Labute approximate surface area is 102 Å². The third kappa shape index (κ3) is 1.98. The number of hydrogen-bond acceptors (Lipinski definition) is 1. The van der Waals surface area contributed by atoms with Crippen LogP contribution in [0.1, 0.15) is 19.3 Å². The van der Waals surface area contributed by atoms with Crippen molar-refractivity contribution in [2.75, 3.05) is 5.32 Å². The van der Waals surface area contributed by atoms with Gasteiger partial charge >= 0.3 is 0 Å². The Bertz CT molecular complexity index is 484. The van der Waals surface area contributed by atoms with Crippen LogP contribution in [0, 0.1) is 35.2 Å². The van der Waals surface area contributed by atoms with Gasteiger partial charge in [-0.3, -0.25) is 4.79 Å². The molecular weight excluding hydrogens is 243 g/mol. The van der Waals surface area contributed by atoms with Gasteiger partial charge in [-0.2, -0.15) is 0 Å². The van der Waals surface area contributed by atoms with E-state index in [1.807, 2.05) is 0 Å². The Kier molecular flexibility index (Phi) is 2.57. The summed E-state index contributed by atoms with van der Waals surface area (Å²) in [5.41, 5.74) is -0.554. The van der Waals surface area contributed by atoms with E-state index in [0.29, 0.717) is 24.0 Å². The number of benzene rings is 1. The van der Waals surface area contributed by atoms with Crippen molar-refractivity contribution >= 4 is 11.6 Å². The van der Waals surface area contributed by atoms with Crippen LogP contribution in [0.2, 0.25) is 0 Å². The van der Waals surface area contributed by atoms with Crippen LogP contribution < -0.4 is 5.32 Å². The summed E-state index contributed by atoms with van der Waals surface area (Å²) in [6.45, 7) is 0. The molecule has 96 valence electrons. The fourth-order valence-corrected chi connectivity index (χ4v) is 2.82. The molecule has 2 nitrogen and oxygen atoms in total. The van der Waals surface area contributed by atoms with Crippen LogP contribution in [-0.4, -0.2) is 5.91 Å². The van der Waals surface area contributed by atoms with Crippen LogP contribution in [0.4, 0.5) is 18.9 Å². The molecule has 0 heterocycles. The standard InChI is InChI=1S/C13H12F3NO/c14-9-4-10(15)12(11(16)5-9)17-13(18)8-2-6-1-7(6)3-8/h4-8H,1-3H2,(H,17,18). The second kappa shape index (κ2) is 4.00. The number of carbonyl (C=O) groups is 1. The van der Waals surface area contributed by atoms with Crippen LogP contribution in [0.25, 0.3) is 0 Å². The van der Waals surface area contributed by atoms with E-state index < -0.39 is 23.1 Å². The van der Waals surface area contributed by atoms with Crippen LogP contribution in [-0.2, 0) is 4.79 Å². The highest BCUT2D eigenvalue weighted by atomic mass is 19.1. The van der Waals surface area contributed by atoms with E-state index in [9.17, 15) is 18.0 Å². The lowest BCUT2D eigenvalue weighted by Crippen LogP contribution is -2.23. The molecule has 0 saturated heterocycles. The third-order valence-corrected chi connectivity index (χ3v) is 3.87. The fourth-order valence-electron chi connectivity index (χ4n) is 2.82. The van der Waals surface area contributed by atoms with Gasteiger partial charge in [-0.15, -0.1) is 0 Å². The second-order valence-corrected chi connectivity index (χ2v) is 5.16. The maximum absolute atomic E-state index is 13.3. The Balaban J connectivity index is 1.74. The number of rotatable bonds is 2. The minimum absolute atomic E-state index is 0.169. The van der Waals surface area contributed by atoms with Crippen LogP contribution in [0.15, 0.2) is 12.1 Å². The van der Waals surface area contributed by atoms with Crippen molar-refractivity contribution in [2.24, 2.45) is 17.8 Å². The highest BCUT2D eigenvalue weighted by molar-refractivity contribution is 5.93. The Morgan fingerprint density at radius 3 is 2.17 bits per heavy atom. The molecule has 1 N–H and O–H groups in total. The molecular formula is C13H12F3NO. The van der Waals surface area contributed by atoms with E-state index in [1.54, 1.807) is 0 Å². The van der Waals surface area contributed by atoms with E-state index in [2.05, 4.69) is 5.32 Å². The van der Waals surface area contributed by atoms with Gasteiger partial charge in [-0.05, 0) is 31.1 Å². The molecule has 0 radical (unpaired) electrons. The first kappa shape index (κ1) is 11.6. The van der Waals surface area contributed by atoms with Gasteiger partial charge in [0.15, 0.2) is 11.6 Å². The van der Waals surface area contributed by atoms with Crippen LogP contribution in [0.5, 0.6) is 0 Å². The zero-order valence-electron chi connectivity index (χ0n) is 9.55. The van der Waals surface area contributed by atoms with Gasteiger partial charge in [0.2, 0.25) is 5.91 Å². The van der Waals surface area contributed by atoms with Gasteiger partial charge in [-0.1, -0.05) is 0 Å². The average Bonchev–Trinajstić information content (AvgIpc) is 2.90. The first-order chi connectivity index (χ1) is 8.54. The summed E-state index contributed by atoms with van der Waals surface area (Å²) in [4.78, 5) is 11.8. The number of halogens is 3. The van der Waals surface area contributed by atoms with Crippen molar-refractivity contribution in [1.82, 2.24) is 0 Å². The normalized spacial score (nSPS) is 28.9. The highest BCUT2D eigenvalue weighted by Crippen LogP contribution is 2.54. The largest absolute Gasteiger partial charge is 0.321 e. The van der Waals surface area contributed by atoms with E-state index in [0.717, 1.165) is 12.8 Å². The SMILES string of the molecule is O=C(Nc1c(F)cc(F)cc1F)C1CC2CC2C1.